The zero-order chi connectivity index (χ0) is 27.6. The van der Waals surface area contributed by atoms with Crippen LogP contribution in [0, 0.1) is 18.7 Å². The molecule has 10 nitrogen and oxygen atoms in total. The number of nitrogens with one attached hydrogen (secondary N) is 2. The van der Waals surface area contributed by atoms with Crippen molar-refractivity contribution in [2.24, 2.45) is 5.92 Å². The lowest BCUT2D eigenvalue weighted by atomic mass is 10.0. The molecule has 0 saturated carbocycles. The summed E-state index contributed by atoms with van der Waals surface area (Å²) in [6, 6.07) is 10.0. The van der Waals surface area contributed by atoms with Crippen LogP contribution in [-0.4, -0.2) is 43.0 Å². The molecule has 38 heavy (non-hydrogen) atoms. The fourth-order valence-corrected chi connectivity index (χ4v) is 5.31. The summed E-state index contributed by atoms with van der Waals surface area (Å²) in [7, 11) is -1.30. The van der Waals surface area contributed by atoms with Gasteiger partial charge in [0.25, 0.3) is 15.6 Å². The minimum Gasteiger partial charge on any atom is -0.480 e. The average Bonchev–Trinajstić information content (AvgIpc) is 2.90. The van der Waals surface area contributed by atoms with E-state index in [-0.39, 0.29) is 34.5 Å². The lowest BCUT2D eigenvalue weighted by Gasteiger charge is -2.14. The Labute approximate surface area is 218 Å². The van der Waals surface area contributed by atoms with Gasteiger partial charge in [-0.05, 0) is 48.4 Å². The second-order valence-corrected chi connectivity index (χ2v) is 10.4. The molecule has 12 heteroatoms. The molecule has 2 aromatic heterocycles. The van der Waals surface area contributed by atoms with E-state index in [9.17, 15) is 22.4 Å². The largest absolute Gasteiger partial charge is 0.480 e. The quantitative estimate of drug-likeness (QED) is 0.352. The standard InChI is InChI=1S/C26H26FN5O5S/c1-15-5-7-19(27)11-23(15)38(35,36)31-22-10-18(12-29-25(22)37-4)17-6-8-21-20(9-17)26(34)32(14-30-21)13-16(2)24(33)28-3/h5-12,14,16,31H,13H2,1-4H3,(H,28,33)/t16-/m0/s1. The van der Waals surface area contributed by atoms with Crippen LogP contribution in [0.15, 0.2) is 64.7 Å². The number of hydrogen-bond donors (Lipinski definition) is 2. The van der Waals surface area contributed by atoms with Crippen LogP contribution >= 0.6 is 0 Å². The van der Waals surface area contributed by atoms with Crippen LogP contribution in [0.3, 0.4) is 0 Å². The summed E-state index contributed by atoms with van der Waals surface area (Å²) in [5.74, 6) is -1.31. The molecule has 198 valence electrons. The molecule has 1 amide bonds. The Hall–Kier alpha value is -4.32. The summed E-state index contributed by atoms with van der Waals surface area (Å²) in [4.78, 5) is 33.4. The molecule has 0 spiro atoms. The van der Waals surface area contributed by atoms with E-state index in [1.165, 1.54) is 49.4 Å². The molecular formula is C26H26FN5O5S. The normalized spacial score (nSPS) is 12.2. The number of aromatic nitrogens is 3. The number of fused-ring (bicyclic) bond motifs is 1. The van der Waals surface area contributed by atoms with Crippen LogP contribution in [-0.2, 0) is 21.4 Å². The van der Waals surface area contributed by atoms with Gasteiger partial charge in [-0.15, -0.1) is 0 Å². The Morgan fingerprint density at radius 2 is 1.89 bits per heavy atom. The van der Waals surface area contributed by atoms with Crippen molar-refractivity contribution in [1.82, 2.24) is 19.9 Å². The van der Waals surface area contributed by atoms with Crippen LogP contribution in [0.5, 0.6) is 5.88 Å². The minimum absolute atomic E-state index is 0.0133. The van der Waals surface area contributed by atoms with E-state index in [2.05, 4.69) is 20.0 Å². The summed E-state index contributed by atoms with van der Waals surface area (Å²) in [6.07, 6.45) is 2.88. The second kappa shape index (κ2) is 10.6. The van der Waals surface area contributed by atoms with Crippen molar-refractivity contribution in [3.8, 4) is 17.0 Å². The van der Waals surface area contributed by atoms with Gasteiger partial charge in [0.2, 0.25) is 11.8 Å². The molecule has 0 aliphatic carbocycles. The summed E-state index contributed by atoms with van der Waals surface area (Å²) < 4.78 is 48.9. The van der Waals surface area contributed by atoms with Gasteiger partial charge in [0, 0.05) is 25.4 Å². The maximum atomic E-state index is 13.8. The van der Waals surface area contributed by atoms with E-state index in [4.69, 9.17) is 4.74 Å². The van der Waals surface area contributed by atoms with Crippen molar-refractivity contribution in [1.29, 1.82) is 0 Å². The van der Waals surface area contributed by atoms with Crippen molar-refractivity contribution in [2.45, 2.75) is 25.3 Å². The lowest BCUT2D eigenvalue weighted by molar-refractivity contribution is -0.124. The molecule has 2 N–H and O–H groups in total. The van der Waals surface area contributed by atoms with Gasteiger partial charge in [-0.25, -0.2) is 22.8 Å². The van der Waals surface area contributed by atoms with Crippen LogP contribution < -0.4 is 20.3 Å². The van der Waals surface area contributed by atoms with E-state index in [0.29, 0.717) is 27.6 Å². The number of methoxy groups -OCH3 is 1. The first-order chi connectivity index (χ1) is 18.0. The Morgan fingerprint density at radius 3 is 2.61 bits per heavy atom. The number of halogens is 1. The summed E-state index contributed by atoms with van der Waals surface area (Å²) in [5.41, 5.74) is 1.62. The number of carbonyl (C=O) groups is 1. The molecule has 0 fully saturated rings. The first-order valence-corrected chi connectivity index (χ1v) is 13.1. The second-order valence-electron chi connectivity index (χ2n) is 8.75. The Balaban J connectivity index is 1.74. The predicted octanol–water partition coefficient (Wildman–Crippen LogP) is 3.10. The molecular weight excluding hydrogens is 513 g/mol. The third-order valence-corrected chi connectivity index (χ3v) is 7.56. The van der Waals surface area contributed by atoms with Gasteiger partial charge in [0.1, 0.15) is 11.5 Å². The summed E-state index contributed by atoms with van der Waals surface area (Å²) >= 11 is 0. The zero-order valence-electron chi connectivity index (χ0n) is 21.1. The molecule has 0 bridgehead atoms. The number of anilines is 1. The average molecular weight is 540 g/mol. The van der Waals surface area contributed by atoms with Gasteiger partial charge in [0.15, 0.2) is 0 Å². The van der Waals surface area contributed by atoms with Crippen molar-refractivity contribution in [3.05, 3.63) is 76.7 Å². The van der Waals surface area contributed by atoms with Gasteiger partial charge in [-0.3, -0.25) is 18.9 Å². The number of ether oxygens (including phenoxy) is 1. The van der Waals surface area contributed by atoms with E-state index >= 15 is 0 Å². The number of sulfonamides is 1. The zero-order valence-corrected chi connectivity index (χ0v) is 22.0. The number of aryl methyl sites for hydroxylation is 1. The first kappa shape index (κ1) is 26.7. The fraction of sp³-hybridized carbons (Fsp3) is 0.231. The highest BCUT2D eigenvalue weighted by Gasteiger charge is 2.21. The van der Waals surface area contributed by atoms with Gasteiger partial charge >= 0.3 is 0 Å². The minimum atomic E-state index is -4.17. The van der Waals surface area contributed by atoms with E-state index in [0.717, 1.165) is 6.07 Å². The summed E-state index contributed by atoms with van der Waals surface area (Å²) in [6.45, 7) is 3.43. The fourth-order valence-electron chi connectivity index (χ4n) is 4.00. The van der Waals surface area contributed by atoms with E-state index in [1.807, 2.05) is 0 Å². The first-order valence-electron chi connectivity index (χ1n) is 11.6. The Morgan fingerprint density at radius 1 is 1.13 bits per heavy atom. The third kappa shape index (κ3) is 5.35. The number of rotatable bonds is 8. The number of pyridine rings is 1. The molecule has 4 aromatic rings. The van der Waals surface area contributed by atoms with E-state index in [1.54, 1.807) is 32.0 Å². The van der Waals surface area contributed by atoms with Crippen LogP contribution in [0.2, 0.25) is 0 Å². The third-order valence-electron chi connectivity index (χ3n) is 6.05. The molecule has 2 aromatic carbocycles. The Bertz CT molecular complexity index is 1700. The molecule has 0 radical (unpaired) electrons. The number of carbonyl (C=O) groups excluding carboxylic acids is 1. The number of amides is 1. The molecule has 1 atom stereocenters. The van der Waals surface area contributed by atoms with Crippen LogP contribution in [0.1, 0.15) is 12.5 Å². The predicted molar refractivity (Wildman–Crippen MR) is 141 cm³/mol. The molecule has 0 aliphatic heterocycles. The summed E-state index contributed by atoms with van der Waals surface area (Å²) in [5, 5.41) is 2.88. The van der Waals surface area contributed by atoms with Gasteiger partial charge in [0.05, 0.1) is 35.2 Å². The SMILES string of the molecule is CNC(=O)[C@@H](C)Cn1cnc2ccc(-c3cnc(OC)c(NS(=O)(=O)c4cc(F)ccc4C)c3)cc2c1=O. The molecule has 0 aliphatic rings. The van der Waals surface area contributed by atoms with Crippen molar-refractivity contribution >= 4 is 32.5 Å². The van der Waals surface area contributed by atoms with Gasteiger partial charge in [-0.1, -0.05) is 19.1 Å². The highest BCUT2D eigenvalue weighted by molar-refractivity contribution is 7.92. The molecule has 2 heterocycles. The maximum absolute atomic E-state index is 13.8. The Kier molecular flexibility index (Phi) is 7.44. The van der Waals surface area contributed by atoms with Crippen molar-refractivity contribution < 1.29 is 22.3 Å². The molecule has 4 rings (SSSR count). The highest BCUT2D eigenvalue weighted by atomic mass is 32.2. The monoisotopic (exact) mass is 539 g/mol. The van der Waals surface area contributed by atoms with Gasteiger partial charge in [-0.2, -0.15) is 0 Å². The molecule has 0 unspecified atom stereocenters. The molecule has 0 saturated heterocycles. The topological polar surface area (TPSA) is 132 Å². The number of nitrogens with zero attached hydrogens (tertiary/aromatic N) is 3. The van der Waals surface area contributed by atoms with Gasteiger partial charge < -0.3 is 10.1 Å². The lowest BCUT2D eigenvalue weighted by Crippen LogP contribution is -2.32. The van der Waals surface area contributed by atoms with Crippen molar-refractivity contribution in [2.75, 3.05) is 18.9 Å². The van der Waals surface area contributed by atoms with Crippen LogP contribution in [0.25, 0.3) is 22.0 Å². The van der Waals surface area contributed by atoms with Crippen molar-refractivity contribution in [3.63, 3.8) is 0 Å². The maximum Gasteiger partial charge on any atom is 0.262 e. The highest BCUT2D eigenvalue weighted by Crippen LogP contribution is 2.31. The van der Waals surface area contributed by atoms with E-state index < -0.39 is 21.8 Å². The van der Waals surface area contributed by atoms with Crippen LogP contribution in [0.4, 0.5) is 10.1 Å². The smallest absolute Gasteiger partial charge is 0.262 e. The number of benzene rings is 2. The number of hydrogen-bond acceptors (Lipinski definition) is 7.